The third-order valence-electron chi connectivity index (χ3n) is 2.85. The van der Waals surface area contributed by atoms with Gasteiger partial charge in [0.1, 0.15) is 17.4 Å². The van der Waals surface area contributed by atoms with Crippen LogP contribution in [0.2, 0.25) is 5.02 Å². The SMILES string of the molecule is CCNc1nc(C)nc(Oc2cc(C)ccc2Cl)c1C. The van der Waals surface area contributed by atoms with Crippen molar-refractivity contribution in [2.45, 2.75) is 27.7 Å². The van der Waals surface area contributed by atoms with Gasteiger partial charge in [0.05, 0.1) is 10.6 Å². The first-order chi connectivity index (χ1) is 9.51. The number of aromatic nitrogens is 2. The Hall–Kier alpha value is -1.81. The smallest absolute Gasteiger partial charge is 0.227 e. The van der Waals surface area contributed by atoms with E-state index >= 15 is 0 Å². The molecule has 0 unspecified atom stereocenters. The zero-order chi connectivity index (χ0) is 14.7. The summed E-state index contributed by atoms with van der Waals surface area (Å²) in [5.74, 6) is 2.58. The van der Waals surface area contributed by atoms with Gasteiger partial charge in [-0.25, -0.2) is 4.98 Å². The summed E-state index contributed by atoms with van der Waals surface area (Å²) in [5.41, 5.74) is 1.95. The minimum atomic E-state index is 0.529. The number of benzene rings is 1. The Morgan fingerprint density at radius 3 is 2.65 bits per heavy atom. The zero-order valence-electron chi connectivity index (χ0n) is 12.1. The largest absolute Gasteiger partial charge is 0.437 e. The Bertz CT molecular complexity index is 629. The molecule has 106 valence electrons. The number of hydrogen-bond donors (Lipinski definition) is 1. The molecule has 0 aliphatic carbocycles. The van der Waals surface area contributed by atoms with Crippen LogP contribution in [-0.2, 0) is 0 Å². The van der Waals surface area contributed by atoms with E-state index in [1.807, 2.05) is 45.9 Å². The maximum absolute atomic E-state index is 6.16. The lowest BCUT2D eigenvalue weighted by atomic mass is 10.2. The molecule has 1 heterocycles. The molecule has 0 radical (unpaired) electrons. The number of ether oxygens (including phenoxy) is 1. The van der Waals surface area contributed by atoms with Crippen molar-refractivity contribution in [3.8, 4) is 11.6 Å². The van der Waals surface area contributed by atoms with Crippen molar-refractivity contribution in [1.29, 1.82) is 0 Å². The second kappa shape index (κ2) is 6.09. The van der Waals surface area contributed by atoms with Gasteiger partial charge >= 0.3 is 0 Å². The van der Waals surface area contributed by atoms with Gasteiger partial charge in [0.15, 0.2) is 0 Å². The van der Waals surface area contributed by atoms with Gasteiger partial charge in [-0.3, -0.25) is 0 Å². The van der Waals surface area contributed by atoms with Gasteiger partial charge in [-0.15, -0.1) is 0 Å². The fourth-order valence-corrected chi connectivity index (χ4v) is 1.99. The molecule has 1 aromatic carbocycles. The second-order valence-electron chi connectivity index (χ2n) is 4.62. The first-order valence-corrected chi connectivity index (χ1v) is 6.92. The monoisotopic (exact) mass is 291 g/mol. The molecule has 0 aliphatic rings. The Labute approximate surface area is 124 Å². The highest BCUT2D eigenvalue weighted by Gasteiger charge is 2.12. The van der Waals surface area contributed by atoms with Crippen molar-refractivity contribution in [1.82, 2.24) is 9.97 Å². The van der Waals surface area contributed by atoms with Crippen molar-refractivity contribution in [2.24, 2.45) is 0 Å². The first kappa shape index (κ1) is 14.6. The molecule has 0 amide bonds. The molecule has 0 bridgehead atoms. The minimum Gasteiger partial charge on any atom is -0.437 e. The van der Waals surface area contributed by atoms with Crippen LogP contribution in [0.3, 0.4) is 0 Å². The van der Waals surface area contributed by atoms with E-state index < -0.39 is 0 Å². The van der Waals surface area contributed by atoms with Crippen LogP contribution in [0.4, 0.5) is 5.82 Å². The summed E-state index contributed by atoms with van der Waals surface area (Å²) in [6, 6.07) is 5.66. The predicted molar refractivity (Wildman–Crippen MR) is 81.9 cm³/mol. The minimum absolute atomic E-state index is 0.529. The zero-order valence-corrected chi connectivity index (χ0v) is 12.9. The summed E-state index contributed by atoms with van der Waals surface area (Å²) < 4.78 is 5.87. The van der Waals surface area contributed by atoms with Crippen LogP contribution in [0.5, 0.6) is 11.6 Å². The molecule has 0 atom stereocenters. The van der Waals surface area contributed by atoms with E-state index in [1.165, 1.54) is 0 Å². The Balaban J connectivity index is 2.40. The summed E-state index contributed by atoms with van der Waals surface area (Å²) in [5, 5.41) is 3.77. The molecule has 5 heteroatoms. The molecule has 1 N–H and O–H groups in total. The topological polar surface area (TPSA) is 47.0 Å². The molecule has 0 fully saturated rings. The number of rotatable bonds is 4. The van der Waals surface area contributed by atoms with E-state index in [9.17, 15) is 0 Å². The fourth-order valence-electron chi connectivity index (χ4n) is 1.83. The van der Waals surface area contributed by atoms with Crippen LogP contribution < -0.4 is 10.1 Å². The van der Waals surface area contributed by atoms with Crippen LogP contribution >= 0.6 is 11.6 Å². The van der Waals surface area contributed by atoms with Gasteiger partial charge < -0.3 is 10.1 Å². The average molecular weight is 292 g/mol. The third-order valence-corrected chi connectivity index (χ3v) is 3.16. The lowest BCUT2D eigenvalue weighted by Crippen LogP contribution is -2.06. The maximum Gasteiger partial charge on any atom is 0.227 e. The normalized spacial score (nSPS) is 10.4. The van der Waals surface area contributed by atoms with Gasteiger partial charge in [0, 0.05) is 6.54 Å². The first-order valence-electron chi connectivity index (χ1n) is 6.54. The van der Waals surface area contributed by atoms with Crippen molar-refractivity contribution < 1.29 is 4.74 Å². The van der Waals surface area contributed by atoms with Crippen LogP contribution in [0.1, 0.15) is 23.9 Å². The fraction of sp³-hybridized carbons (Fsp3) is 0.333. The average Bonchev–Trinajstić information content (AvgIpc) is 2.39. The van der Waals surface area contributed by atoms with E-state index in [1.54, 1.807) is 0 Å². The van der Waals surface area contributed by atoms with E-state index in [0.29, 0.717) is 22.5 Å². The van der Waals surface area contributed by atoms with Crippen molar-refractivity contribution in [2.75, 3.05) is 11.9 Å². The van der Waals surface area contributed by atoms with E-state index in [4.69, 9.17) is 16.3 Å². The number of nitrogens with zero attached hydrogens (tertiary/aromatic N) is 2. The molecule has 4 nitrogen and oxygen atoms in total. The lowest BCUT2D eigenvalue weighted by molar-refractivity contribution is 0.456. The van der Waals surface area contributed by atoms with Crippen LogP contribution in [0, 0.1) is 20.8 Å². The van der Waals surface area contributed by atoms with Gasteiger partial charge in [-0.05, 0) is 45.4 Å². The number of anilines is 1. The number of nitrogens with one attached hydrogen (secondary N) is 1. The summed E-state index contributed by atoms with van der Waals surface area (Å²) in [6.07, 6.45) is 0. The second-order valence-corrected chi connectivity index (χ2v) is 5.02. The van der Waals surface area contributed by atoms with Crippen LogP contribution in [0.25, 0.3) is 0 Å². The van der Waals surface area contributed by atoms with E-state index in [0.717, 1.165) is 23.5 Å². The van der Waals surface area contributed by atoms with Crippen molar-refractivity contribution in [3.63, 3.8) is 0 Å². The quantitative estimate of drug-likeness (QED) is 0.913. The van der Waals surface area contributed by atoms with Crippen molar-refractivity contribution in [3.05, 3.63) is 40.2 Å². The molecule has 20 heavy (non-hydrogen) atoms. The summed E-state index contributed by atoms with van der Waals surface area (Å²) in [6.45, 7) is 8.57. The molecule has 0 aliphatic heterocycles. The summed E-state index contributed by atoms with van der Waals surface area (Å²) in [7, 11) is 0. The number of aryl methyl sites for hydroxylation is 2. The maximum atomic E-state index is 6.16. The Morgan fingerprint density at radius 2 is 1.95 bits per heavy atom. The Kier molecular flexibility index (Phi) is 4.45. The highest BCUT2D eigenvalue weighted by atomic mass is 35.5. The lowest BCUT2D eigenvalue weighted by Gasteiger charge is -2.13. The highest BCUT2D eigenvalue weighted by molar-refractivity contribution is 6.32. The molecular weight excluding hydrogens is 274 g/mol. The molecule has 0 saturated carbocycles. The molecule has 2 rings (SSSR count). The van der Waals surface area contributed by atoms with Crippen LogP contribution in [0.15, 0.2) is 18.2 Å². The molecular formula is C15H18ClN3O. The predicted octanol–water partition coefficient (Wildman–Crippen LogP) is 4.28. The third kappa shape index (κ3) is 3.20. The van der Waals surface area contributed by atoms with Gasteiger partial charge in [-0.2, -0.15) is 4.98 Å². The Morgan fingerprint density at radius 1 is 1.20 bits per heavy atom. The number of halogens is 1. The van der Waals surface area contributed by atoms with Crippen LogP contribution in [-0.4, -0.2) is 16.5 Å². The summed E-state index contributed by atoms with van der Waals surface area (Å²) >= 11 is 6.16. The van der Waals surface area contributed by atoms with Crippen molar-refractivity contribution >= 4 is 17.4 Å². The molecule has 0 saturated heterocycles. The van der Waals surface area contributed by atoms with Gasteiger partial charge in [0.2, 0.25) is 5.88 Å². The molecule has 1 aromatic heterocycles. The summed E-state index contributed by atoms with van der Waals surface area (Å²) in [4.78, 5) is 8.72. The van der Waals surface area contributed by atoms with Gasteiger partial charge in [-0.1, -0.05) is 17.7 Å². The molecule has 2 aromatic rings. The highest BCUT2D eigenvalue weighted by Crippen LogP contribution is 2.32. The van der Waals surface area contributed by atoms with Gasteiger partial charge in [0.25, 0.3) is 0 Å². The molecule has 0 spiro atoms. The van der Waals surface area contributed by atoms with E-state index in [2.05, 4.69) is 15.3 Å². The number of hydrogen-bond acceptors (Lipinski definition) is 4. The van der Waals surface area contributed by atoms with E-state index in [-0.39, 0.29) is 0 Å². The standard InChI is InChI=1S/C15H18ClN3O/c1-5-17-14-10(3)15(19-11(4)18-14)20-13-8-9(2)6-7-12(13)16/h6-8H,5H2,1-4H3,(H,17,18,19).